The summed E-state index contributed by atoms with van der Waals surface area (Å²) >= 11 is 1.77. The minimum atomic E-state index is 0.361. The molecule has 0 spiro atoms. The molecule has 0 fully saturated rings. The number of thioether (sulfide) groups is 1. The summed E-state index contributed by atoms with van der Waals surface area (Å²) in [6.45, 7) is 2.97. The summed E-state index contributed by atoms with van der Waals surface area (Å²) in [5.74, 6) is 0.361. The van der Waals surface area contributed by atoms with Crippen molar-refractivity contribution in [2.45, 2.75) is 30.7 Å². The molecule has 0 aliphatic heterocycles. The molecule has 3 aromatic rings. The zero-order chi connectivity index (χ0) is 16.1. The lowest BCUT2D eigenvalue weighted by Crippen LogP contribution is -2.00. The molecule has 0 radical (unpaired) electrons. The largest absolute Gasteiger partial charge is 0.248 e. The van der Waals surface area contributed by atoms with Gasteiger partial charge in [0.15, 0.2) is 0 Å². The SMILES string of the molecule is CSc1ccc(CC(C)c2cn(Cc3ccccc3)nn2)cc1. The molecular formula is C19H21N3S. The Labute approximate surface area is 141 Å². The third kappa shape index (κ3) is 4.23. The Balaban J connectivity index is 1.64. The van der Waals surface area contributed by atoms with Gasteiger partial charge in [0.25, 0.3) is 0 Å². The Morgan fingerprint density at radius 3 is 2.43 bits per heavy atom. The predicted molar refractivity (Wildman–Crippen MR) is 95.9 cm³/mol. The molecule has 2 aromatic carbocycles. The molecule has 0 amide bonds. The number of nitrogens with zero attached hydrogens (tertiary/aromatic N) is 3. The molecule has 0 bridgehead atoms. The fourth-order valence-electron chi connectivity index (χ4n) is 2.61. The van der Waals surface area contributed by atoms with Gasteiger partial charge in [-0.2, -0.15) is 0 Å². The van der Waals surface area contributed by atoms with Crippen LogP contribution < -0.4 is 0 Å². The van der Waals surface area contributed by atoms with Gasteiger partial charge >= 0.3 is 0 Å². The maximum Gasteiger partial charge on any atom is 0.0858 e. The van der Waals surface area contributed by atoms with E-state index >= 15 is 0 Å². The van der Waals surface area contributed by atoms with Gasteiger partial charge in [-0.25, -0.2) is 4.68 Å². The molecule has 0 saturated carbocycles. The van der Waals surface area contributed by atoms with Gasteiger partial charge in [0.1, 0.15) is 0 Å². The molecule has 3 rings (SSSR count). The quantitative estimate of drug-likeness (QED) is 0.630. The predicted octanol–water partition coefficient (Wildman–Crippen LogP) is 4.39. The molecule has 0 N–H and O–H groups in total. The van der Waals surface area contributed by atoms with Crippen LogP contribution in [0.15, 0.2) is 65.7 Å². The van der Waals surface area contributed by atoms with Crippen LogP contribution in [0.25, 0.3) is 0 Å². The van der Waals surface area contributed by atoms with Crippen molar-refractivity contribution in [3.63, 3.8) is 0 Å². The molecule has 1 atom stereocenters. The second kappa shape index (κ2) is 7.47. The minimum absolute atomic E-state index is 0.361. The third-order valence-electron chi connectivity index (χ3n) is 3.95. The molecule has 118 valence electrons. The molecule has 1 aromatic heterocycles. The average molecular weight is 323 g/mol. The number of rotatable bonds is 6. The lowest BCUT2D eigenvalue weighted by Gasteiger charge is -2.08. The highest BCUT2D eigenvalue weighted by molar-refractivity contribution is 7.98. The molecule has 0 aliphatic carbocycles. The van der Waals surface area contributed by atoms with Crippen LogP contribution >= 0.6 is 11.8 Å². The summed E-state index contributed by atoms with van der Waals surface area (Å²) in [7, 11) is 0. The number of benzene rings is 2. The monoisotopic (exact) mass is 323 g/mol. The summed E-state index contributed by atoms with van der Waals surface area (Å²) in [6, 6.07) is 19.1. The molecule has 23 heavy (non-hydrogen) atoms. The number of hydrogen-bond donors (Lipinski definition) is 0. The van der Waals surface area contributed by atoms with Crippen molar-refractivity contribution < 1.29 is 0 Å². The molecule has 0 saturated heterocycles. The Morgan fingerprint density at radius 1 is 1.00 bits per heavy atom. The normalized spacial score (nSPS) is 12.3. The molecule has 4 heteroatoms. The van der Waals surface area contributed by atoms with Crippen molar-refractivity contribution in [1.82, 2.24) is 15.0 Å². The number of aromatic nitrogens is 3. The van der Waals surface area contributed by atoms with Crippen LogP contribution in [0.2, 0.25) is 0 Å². The molecule has 0 aliphatic rings. The first-order valence-electron chi connectivity index (χ1n) is 7.81. The lowest BCUT2D eigenvalue weighted by molar-refractivity contribution is 0.647. The second-order valence-corrected chi connectivity index (χ2v) is 6.66. The Morgan fingerprint density at radius 2 is 1.74 bits per heavy atom. The van der Waals surface area contributed by atoms with Crippen LogP contribution in [0.1, 0.15) is 29.7 Å². The summed E-state index contributed by atoms with van der Waals surface area (Å²) in [4.78, 5) is 1.30. The van der Waals surface area contributed by atoms with E-state index in [9.17, 15) is 0 Å². The van der Waals surface area contributed by atoms with Crippen LogP contribution in [0, 0.1) is 0 Å². The summed E-state index contributed by atoms with van der Waals surface area (Å²) < 4.78 is 1.91. The van der Waals surface area contributed by atoms with E-state index in [0.29, 0.717) is 5.92 Å². The molecule has 3 nitrogen and oxygen atoms in total. The molecular weight excluding hydrogens is 302 g/mol. The second-order valence-electron chi connectivity index (χ2n) is 5.78. The van der Waals surface area contributed by atoms with Crippen molar-refractivity contribution in [2.75, 3.05) is 6.26 Å². The van der Waals surface area contributed by atoms with Gasteiger partial charge in [-0.3, -0.25) is 0 Å². The van der Waals surface area contributed by atoms with Gasteiger partial charge in [-0.15, -0.1) is 16.9 Å². The zero-order valence-corrected chi connectivity index (χ0v) is 14.3. The first-order valence-corrected chi connectivity index (χ1v) is 9.04. The maximum atomic E-state index is 4.35. The van der Waals surface area contributed by atoms with Gasteiger partial charge in [0.2, 0.25) is 0 Å². The fourth-order valence-corrected chi connectivity index (χ4v) is 3.01. The van der Waals surface area contributed by atoms with Crippen LogP contribution in [0.5, 0.6) is 0 Å². The average Bonchev–Trinajstić information content (AvgIpc) is 3.05. The van der Waals surface area contributed by atoms with Crippen molar-refractivity contribution in [3.05, 3.63) is 77.6 Å². The maximum absolute atomic E-state index is 4.35. The van der Waals surface area contributed by atoms with E-state index < -0.39 is 0 Å². The zero-order valence-electron chi connectivity index (χ0n) is 13.5. The summed E-state index contributed by atoms with van der Waals surface area (Å²) in [5, 5.41) is 8.62. The highest BCUT2D eigenvalue weighted by atomic mass is 32.2. The van der Waals surface area contributed by atoms with Crippen molar-refractivity contribution in [1.29, 1.82) is 0 Å². The van der Waals surface area contributed by atoms with Gasteiger partial charge in [0, 0.05) is 17.0 Å². The molecule has 1 unspecified atom stereocenters. The van der Waals surface area contributed by atoms with Gasteiger partial charge in [-0.05, 0) is 35.9 Å². The van der Waals surface area contributed by atoms with Gasteiger partial charge in [0.05, 0.1) is 12.2 Å². The highest BCUT2D eigenvalue weighted by Crippen LogP contribution is 2.21. The Bertz CT molecular complexity index is 735. The van der Waals surface area contributed by atoms with E-state index in [0.717, 1.165) is 18.7 Å². The van der Waals surface area contributed by atoms with E-state index in [1.165, 1.54) is 16.0 Å². The van der Waals surface area contributed by atoms with Crippen LogP contribution in [0.3, 0.4) is 0 Å². The van der Waals surface area contributed by atoms with E-state index in [-0.39, 0.29) is 0 Å². The Hall–Kier alpha value is -2.07. The van der Waals surface area contributed by atoms with E-state index in [1.54, 1.807) is 11.8 Å². The molecule has 1 heterocycles. The third-order valence-corrected chi connectivity index (χ3v) is 4.69. The van der Waals surface area contributed by atoms with E-state index in [4.69, 9.17) is 0 Å². The number of hydrogen-bond acceptors (Lipinski definition) is 3. The lowest BCUT2D eigenvalue weighted by atomic mass is 9.99. The standard InChI is InChI=1S/C19H21N3S/c1-15(12-16-8-10-18(23-2)11-9-16)19-14-22(21-20-19)13-17-6-4-3-5-7-17/h3-11,14-15H,12-13H2,1-2H3. The van der Waals surface area contributed by atoms with Gasteiger partial charge in [-0.1, -0.05) is 54.6 Å². The fraction of sp³-hybridized carbons (Fsp3) is 0.263. The first kappa shape index (κ1) is 15.8. The van der Waals surface area contributed by atoms with Gasteiger partial charge < -0.3 is 0 Å². The highest BCUT2D eigenvalue weighted by Gasteiger charge is 2.11. The topological polar surface area (TPSA) is 30.7 Å². The smallest absolute Gasteiger partial charge is 0.0858 e. The Kier molecular flexibility index (Phi) is 5.13. The summed E-state index contributed by atoms with van der Waals surface area (Å²) in [6.07, 6.45) is 5.15. The van der Waals surface area contributed by atoms with Crippen LogP contribution in [-0.4, -0.2) is 21.2 Å². The van der Waals surface area contributed by atoms with E-state index in [1.807, 2.05) is 22.9 Å². The van der Waals surface area contributed by atoms with Crippen molar-refractivity contribution in [3.8, 4) is 0 Å². The van der Waals surface area contributed by atoms with Crippen LogP contribution in [0.4, 0.5) is 0 Å². The van der Waals surface area contributed by atoms with E-state index in [2.05, 4.69) is 66.1 Å². The van der Waals surface area contributed by atoms with Crippen molar-refractivity contribution in [2.24, 2.45) is 0 Å². The summed E-state index contributed by atoms with van der Waals surface area (Å²) in [5.41, 5.74) is 3.63. The first-order chi connectivity index (χ1) is 11.2. The minimum Gasteiger partial charge on any atom is -0.248 e. The van der Waals surface area contributed by atoms with Crippen molar-refractivity contribution >= 4 is 11.8 Å². The van der Waals surface area contributed by atoms with Crippen LogP contribution in [-0.2, 0) is 13.0 Å².